The molecule has 0 aromatic heterocycles. The van der Waals surface area contributed by atoms with E-state index in [1.165, 1.54) is 0 Å². The highest BCUT2D eigenvalue weighted by molar-refractivity contribution is 8.00. The number of thioether (sulfide) groups is 1. The van der Waals surface area contributed by atoms with Crippen molar-refractivity contribution in [3.8, 4) is 0 Å². The van der Waals surface area contributed by atoms with Crippen molar-refractivity contribution in [1.82, 2.24) is 0 Å². The van der Waals surface area contributed by atoms with Crippen molar-refractivity contribution >= 4 is 17.7 Å². The Morgan fingerprint density at radius 1 is 1.50 bits per heavy atom. The lowest BCUT2D eigenvalue weighted by atomic mass is 10.2. The van der Waals surface area contributed by atoms with Crippen LogP contribution >= 0.6 is 11.8 Å². The van der Waals surface area contributed by atoms with Gasteiger partial charge in [-0.15, -0.1) is 0 Å². The van der Waals surface area contributed by atoms with Crippen LogP contribution in [0.4, 0.5) is 0 Å². The Labute approximate surface area is 77.7 Å². The van der Waals surface area contributed by atoms with E-state index in [1.807, 2.05) is 6.92 Å². The van der Waals surface area contributed by atoms with Crippen LogP contribution in [0.15, 0.2) is 0 Å². The maximum atomic E-state index is 10.3. The fourth-order valence-corrected chi connectivity index (χ4v) is 2.05. The van der Waals surface area contributed by atoms with Gasteiger partial charge in [0.1, 0.15) is 0 Å². The molecule has 72 valence electrons. The predicted octanol–water partition coefficient (Wildman–Crippen LogP) is 1.32. The summed E-state index contributed by atoms with van der Waals surface area (Å²) >= 11 is 1.72. The number of nitrogens with two attached hydrogens (primary N) is 1. The van der Waals surface area contributed by atoms with Crippen molar-refractivity contribution < 1.29 is 9.90 Å². The zero-order chi connectivity index (χ0) is 9.72. The molecule has 3 N–H and O–H groups in total. The van der Waals surface area contributed by atoms with Crippen LogP contribution in [-0.2, 0) is 4.79 Å². The highest BCUT2D eigenvalue weighted by Crippen LogP contribution is 2.19. The minimum atomic E-state index is -0.821. The van der Waals surface area contributed by atoms with Gasteiger partial charge in [-0.1, -0.05) is 20.8 Å². The van der Waals surface area contributed by atoms with E-state index in [0.29, 0.717) is 5.25 Å². The second-order valence-electron chi connectivity index (χ2n) is 3.15. The molecule has 0 aromatic rings. The Morgan fingerprint density at radius 3 is 2.33 bits per heavy atom. The van der Waals surface area contributed by atoms with Gasteiger partial charge in [0, 0.05) is 11.3 Å². The zero-order valence-corrected chi connectivity index (χ0v) is 8.60. The molecule has 0 spiro atoms. The van der Waals surface area contributed by atoms with Crippen molar-refractivity contribution in [1.29, 1.82) is 0 Å². The second-order valence-corrected chi connectivity index (χ2v) is 5.11. The fourth-order valence-electron chi connectivity index (χ4n) is 0.898. The van der Waals surface area contributed by atoms with Crippen LogP contribution in [0.2, 0.25) is 0 Å². The lowest BCUT2D eigenvalue weighted by Crippen LogP contribution is -2.33. The Kier molecular flexibility index (Phi) is 5.33. The fraction of sp³-hybridized carbons (Fsp3) is 0.875. The van der Waals surface area contributed by atoms with E-state index < -0.39 is 5.97 Å². The smallest absolute Gasteiger partial charge is 0.304 e. The van der Waals surface area contributed by atoms with Gasteiger partial charge in [-0.3, -0.25) is 4.79 Å². The number of hydrogen-bond donors (Lipinski definition) is 2. The molecule has 0 fully saturated rings. The molecular formula is C8H17NO2S. The summed E-state index contributed by atoms with van der Waals surface area (Å²) < 4.78 is 0. The van der Waals surface area contributed by atoms with Gasteiger partial charge in [0.2, 0.25) is 0 Å². The number of rotatable bonds is 5. The highest BCUT2D eigenvalue weighted by Gasteiger charge is 2.17. The summed E-state index contributed by atoms with van der Waals surface area (Å²) in [5, 5.41) is 9.19. The summed E-state index contributed by atoms with van der Waals surface area (Å²) in [7, 11) is 0. The summed E-state index contributed by atoms with van der Waals surface area (Å²) in [6.07, 6.45) is 0.0564. The standard InChI is InChI=1S/C8H17NO2S/c1-5(2)12-6(3)7(9)4-8(10)11/h5-7H,4,9H2,1-3H3,(H,10,11)/t6-,7-/m0/s1. The third-order valence-corrected chi connectivity index (χ3v) is 2.82. The number of aliphatic carboxylic acids is 1. The van der Waals surface area contributed by atoms with Gasteiger partial charge in [-0.25, -0.2) is 0 Å². The van der Waals surface area contributed by atoms with Gasteiger partial charge in [0.15, 0.2) is 0 Å². The monoisotopic (exact) mass is 191 g/mol. The van der Waals surface area contributed by atoms with Crippen LogP contribution in [0.1, 0.15) is 27.2 Å². The van der Waals surface area contributed by atoms with Crippen LogP contribution in [0.5, 0.6) is 0 Å². The molecule has 0 rings (SSSR count). The van der Waals surface area contributed by atoms with Crippen molar-refractivity contribution in [3.05, 3.63) is 0 Å². The Hall–Kier alpha value is -0.220. The van der Waals surface area contributed by atoms with Gasteiger partial charge >= 0.3 is 5.97 Å². The first-order chi connectivity index (χ1) is 5.43. The largest absolute Gasteiger partial charge is 0.481 e. The Balaban J connectivity index is 3.76. The van der Waals surface area contributed by atoms with Crippen molar-refractivity contribution in [2.24, 2.45) is 5.73 Å². The van der Waals surface area contributed by atoms with E-state index in [4.69, 9.17) is 10.8 Å². The summed E-state index contributed by atoms with van der Waals surface area (Å²) in [5.74, 6) is -0.821. The minimum Gasteiger partial charge on any atom is -0.481 e. The van der Waals surface area contributed by atoms with Crippen molar-refractivity contribution in [2.45, 2.75) is 43.7 Å². The average molecular weight is 191 g/mol. The van der Waals surface area contributed by atoms with E-state index in [9.17, 15) is 4.79 Å². The summed E-state index contributed by atoms with van der Waals surface area (Å²) in [6, 6.07) is -0.241. The maximum absolute atomic E-state index is 10.3. The van der Waals surface area contributed by atoms with Crippen LogP contribution in [0.25, 0.3) is 0 Å². The summed E-state index contributed by atoms with van der Waals surface area (Å²) in [4.78, 5) is 10.3. The first-order valence-corrected chi connectivity index (χ1v) is 5.00. The second kappa shape index (κ2) is 5.43. The van der Waals surface area contributed by atoms with E-state index >= 15 is 0 Å². The molecule has 0 amide bonds. The molecular weight excluding hydrogens is 174 g/mol. The lowest BCUT2D eigenvalue weighted by molar-refractivity contribution is -0.137. The summed E-state index contributed by atoms with van der Waals surface area (Å²) in [6.45, 7) is 6.13. The molecule has 0 aliphatic carbocycles. The lowest BCUT2D eigenvalue weighted by Gasteiger charge is -2.19. The minimum absolute atomic E-state index is 0.0564. The van der Waals surface area contributed by atoms with Crippen LogP contribution in [0.3, 0.4) is 0 Å². The van der Waals surface area contributed by atoms with E-state index in [1.54, 1.807) is 11.8 Å². The maximum Gasteiger partial charge on any atom is 0.304 e. The van der Waals surface area contributed by atoms with E-state index in [0.717, 1.165) is 0 Å². The zero-order valence-electron chi connectivity index (χ0n) is 7.78. The predicted molar refractivity (Wildman–Crippen MR) is 52.4 cm³/mol. The normalized spacial score (nSPS) is 16.1. The molecule has 12 heavy (non-hydrogen) atoms. The molecule has 0 heterocycles. The Bertz CT molecular complexity index is 150. The van der Waals surface area contributed by atoms with Gasteiger partial charge in [-0.2, -0.15) is 11.8 Å². The Morgan fingerprint density at radius 2 is 2.00 bits per heavy atom. The van der Waals surface area contributed by atoms with Crippen LogP contribution in [0, 0.1) is 0 Å². The van der Waals surface area contributed by atoms with Gasteiger partial charge in [-0.05, 0) is 5.25 Å². The van der Waals surface area contributed by atoms with Crippen molar-refractivity contribution in [2.75, 3.05) is 0 Å². The number of carboxylic acids is 1. The van der Waals surface area contributed by atoms with Crippen LogP contribution < -0.4 is 5.73 Å². The van der Waals surface area contributed by atoms with Crippen LogP contribution in [-0.4, -0.2) is 27.6 Å². The first kappa shape index (κ1) is 11.8. The molecule has 0 saturated carbocycles. The average Bonchev–Trinajstić information content (AvgIpc) is 1.84. The molecule has 0 aliphatic heterocycles. The topological polar surface area (TPSA) is 63.3 Å². The molecule has 0 radical (unpaired) electrons. The molecule has 0 bridgehead atoms. The number of carbonyl (C=O) groups is 1. The SMILES string of the molecule is CC(C)S[C@@H](C)[C@@H](N)CC(=O)O. The molecule has 0 saturated heterocycles. The first-order valence-electron chi connectivity index (χ1n) is 4.06. The van der Waals surface area contributed by atoms with Gasteiger partial charge in [0.05, 0.1) is 6.42 Å². The quantitative estimate of drug-likeness (QED) is 0.688. The van der Waals surface area contributed by atoms with Gasteiger partial charge in [0.25, 0.3) is 0 Å². The third-order valence-electron chi connectivity index (χ3n) is 1.50. The molecule has 2 atom stereocenters. The number of carboxylic acid groups (broad SMARTS) is 1. The number of hydrogen-bond acceptors (Lipinski definition) is 3. The molecule has 4 heteroatoms. The van der Waals surface area contributed by atoms with E-state index in [2.05, 4.69) is 13.8 Å². The summed E-state index contributed by atoms with van der Waals surface area (Å²) in [5.41, 5.74) is 5.66. The van der Waals surface area contributed by atoms with Gasteiger partial charge < -0.3 is 10.8 Å². The highest BCUT2D eigenvalue weighted by atomic mass is 32.2. The van der Waals surface area contributed by atoms with E-state index in [-0.39, 0.29) is 17.7 Å². The molecule has 0 unspecified atom stereocenters. The molecule has 0 aliphatic rings. The molecule has 0 aromatic carbocycles. The third kappa shape index (κ3) is 5.43. The van der Waals surface area contributed by atoms with Crippen molar-refractivity contribution in [3.63, 3.8) is 0 Å². The molecule has 3 nitrogen and oxygen atoms in total.